The maximum absolute atomic E-state index is 14.9. The minimum Gasteiger partial charge on any atom is -0.494 e. The summed E-state index contributed by atoms with van der Waals surface area (Å²) >= 11 is 0. The highest BCUT2D eigenvalue weighted by Gasteiger charge is 2.28. The van der Waals surface area contributed by atoms with Gasteiger partial charge in [0.2, 0.25) is 0 Å². The third-order valence-corrected chi connectivity index (χ3v) is 6.31. The summed E-state index contributed by atoms with van der Waals surface area (Å²) < 4.78 is 41.9. The van der Waals surface area contributed by atoms with Crippen LogP contribution in [-0.2, 0) is 6.42 Å². The molecule has 0 atom stereocenters. The number of halogens is 2. The van der Waals surface area contributed by atoms with Gasteiger partial charge in [-0.05, 0) is 11.6 Å². The molecule has 0 amide bonds. The first-order chi connectivity index (χ1) is 16.5. The molecule has 10 heteroatoms. The van der Waals surface area contributed by atoms with Gasteiger partial charge in [-0.15, -0.1) is 0 Å². The van der Waals surface area contributed by atoms with Gasteiger partial charge in [-0.2, -0.15) is 5.10 Å². The second-order valence-corrected chi connectivity index (χ2v) is 8.34. The number of aliphatic hydroxyl groups is 1. The Kier molecular flexibility index (Phi) is 5.93. The Labute approximate surface area is 194 Å². The van der Waals surface area contributed by atoms with E-state index in [0.717, 1.165) is 29.6 Å². The van der Waals surface area contributed by atoms with Gasteiger partial charge in [0, 0.05) is 72.8 Å². The number of nitrogens with one attached hydrogen (secondary N) is 1. The molecule has 0 radical (unpaired) electrons. The quantitative estimate of drug-likeness (QED) is 0.412. The molecule has 0 saturated carbocycles. The average Bonchev–Trinajstić information content (AvgIpc) is 3.46. The molecule has 1 fully saturated rings. The molecule has 8 nitrogen and oxygen atoms in total. The van der Waals surface area contributed by atoms with Crippen LogP contribution in [0.15, 0.2) is 36.9 Å². The summed E-state index contributed by atoms with van der Waals surface area (Å²) in [5.74, 6) is -1.66. The highest BCUT2D eigenvalue weighted by Crippen LogP contribution is 2.34. The van der Waals surface area contributed by atoms with Gasteiger partial charge >= 0.3 is 0 Å². The monoisotopic (exact) mass is 469 g/mol. The number of methoxy groups -OCH3 is 2. The summed E-state index contributed by atoms with van der Waals surface area (Å²) in [7, 11) is 2.66. The van der Waals surface area contributed by atoms with E-state index in [-0.39, 0.29) is 36.1 Å². The van der Waals surface area contributed by atoms with Crippen molar-refractivity contribution in [1.29, 1.82) is 0 Å². The topological polar surface area (TPSA) is 88.4 Å². The van der Waals surface area contributed by atoms with Crippen molar-refractivity contribution in [2.24, 2.45) is 0 Å². The minimum atomic E-state index is -0.753. The molecule has 1 aliphatic rings. The number of likely N-dealkylation sites (tertiary alicyclic amines) is 1. The molecule has 2 N–H and O–H groups in total. The number of nitrogens with zero attached hydrogens (tertiary/aromatic N) is 4. The van der Waals surface area contributed by atoms with Crippen LogP contribution in [0.2, 0.25) is 0 Å². The lowest BCUT2D eigenvalue weighted by molar-refractivity contribution is 0.0774. The number of hydrogen-bond acceptors (Lipinski definition) is 6. The van der Waals surface area contributed by atoms with E-state index in [2.05, 4.69) is 20.0 Å². The van der Waals surface area contributed by atoms with Crippen molar-refractivity contribution in [3.63, 3.8) is 0 Å². The largest absolute Gasteiger partial charge is 0.494 e. The summed E-state index contributed by atoms with van der Waals surface area (Å²) in [6.07, 6.45) is 7.22. The van der Waals surface area contributed by atoms with Crippen molar-refractivity contribution in [3.8, 4) is 22.6 Å². The van der Waals surface area contributed by atoms with Crippen LogP contribution in [0.3, 0.4) is 0 Å². The molecular weight excluding hydrogens is 444 g/mol. The molecule has 34 heavy (non-hydrogen) atoms. The lowest BCUT2D eigenvalue weighted by Gasteiger charge is -2.38. The summed E-state index contributed by atoms with van der Waals surface area (Å²) in [6, 6.07) is 3.42. The number of hydrogen-bond donors (Lipinski definition) is 2. The van der Waals surface area contributed by atoms with Gasteiger partial charge in [0.15, 0.2) is 23.1 Å². The van der Waals surface area contributed by atoms with Crippen molar-refractivity contribution in [2.45, 2.75) is 12.5 Å². The molecule has 178 valence electrons. The SMILES string of the molecule is COc1cc(OC)c(F)c(Cc2c[nH]c3ncc(-c4cnn(C5CN(CCO)C5)c4)cc23)c1F. The molecule has 1 aromatic carbocycles. The standard InChI is InChI=1S/C24H25F2N5O3/c1-33-20-7-21(34-2)23(26)19(22(20)25)6-15-9-28-24-18(15)5-14(8-27-24)16-10-29-31(11-16)17-12-30(13-17)3-4-32/h5,7-11,17,32H,3-4,6,12-13H2,1-2H3,(H,27,28). The van der Waals surface area contributed by atoms with Gasteiger partial charge in [-0.1, -0.05) is 0 Å². The molecule has 1 saturated heterocycles. The Bertz CT molecular complexity index is 1300. The smallest absolute Gasteiger partial charge is 0.171 e. The fourth-order valence-electron chi connectivity index (χ4n) is 4.36. The van der Waals surface area contributed by atoms with Gasteiger partial charge in [0.25, 0.3) is 0 Å². The van der Waals surface area contributed by atoms with Crippen LogP contribution in [0.5, 0.6) is 11.5 Å². The van der Waals surface area contributed by atoms with E-state index in [1.165, 1.54) is 20.3 Å². The first-order valence-electron chi connectivity index (χ1n) is 10.9. The molecule has 0 aliphatic carbocycles. The highest BCUT2D eigenvalue weighted by atomic mass is 19.1. The zero-order valence-corrected chi connectivity index (χ0v) is 18.9. The van der Waals surface area contributed by atoms with Crippen LogP contribution in [0.4, 0.5) is 8.78 Å². The third kappa shape index (κ3) is 3.88. The number of ether oxygens (including phenoxy) is 2. The number of rotatable bonds is 8. The Balaban J connectivity index is 1.44. The molecule has 3 aromatic heterocycles. The molecule has 4 aromatic rings. The van der Waals surface area contributed by atoms with Crippen molar-refractivity contribution in [1.82, 2.24) is 24.6 Å². The van der Waals surface area contributed by atoms with E-state index >= 15 is 0 Å². The molecule has 1 aliphatic heterocycles. The van der Waals surface area contributed by atoms with Crippen molar-refractivity contribution >= 4 is 11.0 Å². The molecule has 0 unspecified atom stereocenters. The van der Waals surface area contributed by atoms with Crippen LogP contribution in [0.25, 0.3) is 22.2 Å². The van der Waals surface area contributed by atoms with Crippen LogP contribution in [0, 0.1) is 11.6 Å². The molecule has 4 heterocycles. The second kappa shape index (κ2) is 9.03. The van der Waals surface area contributed by atoms with Gasteiger partial charge < -0.3 is 19.6 Å². The van der Waals surface area contributed by atoms with Crippen molar-refractivity contribution < 1.29 is 23.4 Å². The zero-order chi connectivity index (χ0) is 23.8. The first-order valence-corrected chi connectivity index (χ1v) is 10.9. The minimum absolute atomic E-state index is 0.00160. The van der Waals surface area contributed by atoms with E-state index in [1.807, 2.05) is 16.9 Å². The predicted octanol–water partition coefficient (Wildman–Crippen LogP) is 3.16. The Morgan fingerprint density at radius 3 is 2.50 bits per heavy atom. The van der Waals surface area contributed by atoms with Gasteiger partial charge in [-0.3, -0.25) is 9.58 Å². The van der Waals surface area contributed by atoms with E-state index < -0.39 is 11.6 Å². The fourth-order valence-corrected chi connectivity index (χ4v) is 4.36. The summed E-state index contributed by atoms with van der Waals surface area (Å²) in [6.45, 7) is 2.52. The lowest BCUT2D eigenvalue weighted by atomic mass is 10.0. The van der Waals surface area contributed by atoms with E-state index in [1.54, 1.807) is 18.6 Å². The molecular formula is C24H25F2N5O3. The number of H-pyrrole nitrogens is 1. The molecule has 0 spiro atoms. The Hall–Kier alpha value is -3.50. The maximum Gasteiger partial charge on any atom is 0.171 e. The van der Waals surface area contributed by atoms with Gasteiger partial charge in [-0.25, -0.2) is 13.8 Å². The number of β-amino-alcohol motifs (C(OH)–C–C–N with tert-alkyl or cyclic N) is 1. The van der Waals surface area contributed by atoms with Crippen LogP contribution in [-0.4, -0.2) is 70.2 Å². The van der Waals surface area contributed by atoms with E-state index in [0.29, 0.717) is 17.8 Å². The number of aromatic nitrogens is 4. The fraction of sp³-hybridized carbons (Fsp3) is 0.333. The molecule has 0 bridgehead atoms. The van der Waals surface area contributed by atoms with Crippen LogP contribution < -0.4 is 9.47 Å². The average molecular weight is 469 g/mol. The zero-order valence-electron chi connectivity index (χ0n) is 18.9. The number of fused-ring (bicyclic) bond motifs is 1. The predicted molar refractivity (Wildman–Crippen MR) is 122 cm³/mol. The van der Waals surface area contributed by atoms with Crippen LogP contribution >= 0.6 is 0 Å². The lowest BCUT2D eigenvalue weighted by Crippen LogP contribution is -2.48. The number of benzene rings is 1. The first kappa shape index (κ1) is 22.3. The van der Waals surface area contributed by atoms with E-state index in [9.17, 15) is 8.78 Å². The second-order valence-electron chi connectivity index (χ2n) is 8.34. The summed E-state index contributed by atoms with van der Waals surface area (Å²) in [4.78, 5) is 9.73. The third-order valence-electron chi connectivity index (χ3n) is 6.31. The highest BCUT2D eigenvalue weighted by molar-refractivity contribution is 5.84. The maximum atomic E-state index is 14.9. The van der Waals surface area contributed by atoms with Crippen LogP contribution in [0.1, 0.15) is 17.2 Å². The Morgan fingerprint density at radius 2 is 1.82 bits per heavy atom. The normalized spacial score (nSPS) is 14.5. The van der Waals surface area contributed by atoms with Gasteiger partial charge in [0.05, 0.1) is 33.1 Å². The van der Waals surface area contributed by atoms with Crippen molar-refractivity contribution in [3.05, 3.63) is 59.7 Å². The van der Waals surface area contributed by atoms with Crippen molar-refractivity contribution in [2.75, 3.05) is 40.5 Å². The number of aliphatic hydroxyl groups excluding tert-OH is 1. The molecule has 5 rings (SSSR count). The number of aromatic amines is 1. The Morgan fingerprint density at radius 1 is 1.09 bits per heavy atom. The number of pyridine rings is 1. The van der Waals surface area contributed by atoms with E-state index in [4.69, 9.17) is 14.6 Å². The summed E-state index contributed by atoms with van der Waals surface area (Å²) in [5.41, 5.74) is 2.95. The van der Waals surface area contributed by atoms with Gasteiger partial charge in [0.1, 0.15) is 5.65 Å². The summed E-state index contributed by atoms with van der Waals surface area (Å²) in [5, 5.41) is 14.3.